The maximum atomic E-state index is 13.2. The van der Waals surface area contributed by atoms with Crippen molar-refractivity contribution in [3.63, 3.8) is 0 Å². The number of aromatic nitrogens is 2. The van der Waals surface area contributed by atoms with Gasteiger partial charge in [-0.05, 0) is 49.2 Å². The molecule has 32 heavy (non-hydrogen) atoms. The van der Waals surface area contributed by atoms with Gasteiger partial charge >= 0.3 is 5.97 Å². The summed E-state index contributed by atoms with van der Waals surface area (Å²) < 4.78 is 5.65. The van der Waals surface area contributed by atoms with Gasteiger partial charge in [0.2, 0.25) is 0 Å². The molecule has 0 unspecified atom stereocenters. The number of para-hydroxylation sites is 2. The Morgan fingerprint density at radius 2 is 1.84 bits per heavy atom. The summed E-state index contributed by atoms with van der Waals surface area (Å²) in [4.78, 5) is 36.7. The minimum atomic E-state index is -0.914. The van der Waals surface area contributed by atoms with Gasteiger partial charge in [0.1, 0.15) is 0 Å². The fourth-order valence-electron chi connectivity index (χ4n) is 4.07. The zero-order valence-electron chi connectivity index (χ0n) is 17.6. The number of carbonyl (C=O) groups excluding carboxylic acids is 2. The molecule has 3 heterocycles. The molecule has 6 nitrogen and oxygen atoms in total. The van der Waals surface area contributed by atoms with Crippen molar-refractivity contribution in [1.29, 1.82) is 0 Å². The predicted octanol–water partition coefficient (Wildman–Crippen LogP) is 4.43. The van der Waals surface area contributed by atoms with Gasteiger partial charge in [0.05, 0.1) is 16.8 Å². The van der Waals surface area contributed by atoms with Crippen LogP contribution in [0.2, 0.25) is 0 Å². The number of fused-ring (bicyclic) bond motifs is 2. The summed E-state index contributed by atoms with van der Waals surface area (Å²) in [5, 5.41) is 0.677. The van der Waals surface area contributed by atoms with Gasteiger partial charge in [-0.15, -0.1) is 0 Å². The molecule has 6 heteroatoms. The predicted molar refractivity (Wildman–Crippen MR) is 122 cm³/mol. The quantitative estimate of drug-likeness (QED) is 0.454. The van der Waals surface area contributed by atoms with Crippen LogP contribution < -0.4 is 4.90 Å². The summed E-state index contributed by atoms with van der Waals surface area (Å²) in [6.07, 6.45) is 3.26. The lowest BCUT2D eigenvalue weighted by Gasteiger charge is -2.22. The van der Waals surface area contributed by atoms with Crippen LogP contribution in [-0.4, -0.2) is 34.5 Å². The number of benzene rings is 2. The van der Waals surface area contributed by atoms with Crippen LogP contribution in [0.25, 0.3) is 22.2 Å². The SMILES string of the molecule is C[C@@H](OC(=O)c1cc(-c2cccnc2)nc2ccccc12)C(=O)N1CCc2ccccc21. The van der Waals surface area contributed by atoms with Crippen molar-refractivity contribution in [2.45, 2.75) is 19.4 Å². The number of amides is 1. The van der Waals surface area contributed by atoms with Gasteiger partial charge in [0, 0.05) is 35.6 Å². The van der Waals surface area contributed by atoms with E-state index < -0.39 is 12.1 Å². The van der Waals surface area contributed by atoms with Crippen molar-refractivity contribution in [2.24, 2.45) is 0 Å². The normalized spacial score (nSPS) is 13.6. The lowest BCUT2D eigenvalue weighted by molar-refractivity contribution is -0.126. The summed E-state index contributed by atoms with van der Waals surface area (Å²) in [6, 6.07) is 20.6. The largest absolute Gasteiger partial charge is 0.449 e. The summed E-state index contributed by atoms with van der Waals surface area (Å²) in [6.45, 7) is 2.20. The molecule has 0 N–H and O–H groups in total. The smallest absolute Gasteiger partial charge is 0.339 e. The highest BCUT2D eigenvalue weighted by atomic mass is 16.5. The number of rotatable bonds is 4. The Hall–Kier alpha value is -4.06. The molecule has 0 saturated heterocycles. The highest BCUT2D eigenvalue weighted by molar-refractivity contribution is 6.06. The maximum absolute atomic E-state index is 13.2. The molecule has 5 rings (SSSR count). The monoisotopic (exact) mass is 423 g/mol. The third kappa shape index (κ3) is 3.60. The summed E-state index contributed by atoms with van der Waals surface area (Å²) in [7, 11) is 0. The van der Waals surface area contributed by atoms with Crippen molar-refractivity contribution >= 4 is 28.5 Å². The molecular formula is C26H21N3O3. The zero-order valence-corrected chi connectivity index (χ0v) is 17.6. The summed E-state index contributed by atoms with van der Waals surface area (Å²) in [5.74, 6) is -0.781. The fraction of sp³-hybridized carbons (Fsp3) is 0.154. The Balaban J connectivity index is 1.44. The first kappa shape index (κ1) is 19.9. The molecule has 0 aliphatic carbocycles. The van der Waals surface area contributed by atoms with Gasteiger partial charge in [-0.3, -0.25) is 9.78 Å². The standard InChI is InChI=1S/C26H21N3O3/c1-17(25(30)29-14-12-18-7-2-5-11-24(18)29)32-26(31)21-15-23(19-8-6-13-27-16-19)28-22-10-4-3-9-20(21)22/h2-11,13,15-17H,12,14H2,1H3/t17-/m1/s1. The Bertz CT molecular complexity index is 1320. The van der Waals surface area contributed by atoms with Crippen molar-refractivity contribution in [2.75, 3.05) is 11.4 Å². The minimum Gasteiger partial charge on any atom is -0.449 e. The van der Waals surface area contributed by atoms with Gasteiger partial charge in [0.15, 0.2) is 6.10 Å². The number of pyridine rings is 2. The number of hydrogen-bond donors (Lipinski definition) is 0. The topological polar surface area (TPSA) is 72.4 Å². The van der Waals surface area contributed by atoms with E-state index in [-0.39, 0.29) is 5.91 Å². The van der Waals surface area contributed by atoms with Crippen molar-refractivity contribution in [3.05, 3.63) is 90.3 Å². The molecule has 0 fully saturated rings. The zero-order chi connectivity index (χ0) is 22.1. The van der Waals surface area contributed by atoms with E-state index in [1.165, 1.54) is 0 Å². The van der Waals surface area contributed by atoms with Gasteiger partial charge in [-0.2, -0.15) is 0 Å². The second kappa shape index (κ2) is 8.23. The molecule has 0 bridgehead atoms. The maximum Gasteiger partial charge on any atom is 0.339 e. The van der Waals surface area contributed by atoms with E-state index in [4.69, 9.17) is 4.74 Å². The van der Waals surface area contributed by atoms with Crippen molar-refractivity contribution in [1.82, 2.24) is 9.97 Å². The molecule has 2 aromatic heterocycles. The van der Waals surface area contributed by atoms with E-state index in [0.29, 0.717) is 28.7 Å². The highest BCUT2D eigenvalue weighted by Gasteiger charge is 2.30. The van der Waals surface area contributed by atoms with E-state index in [1.54, 1.807) is 30.3 Å². The lowest BCUT2D eigenvalue weighted by Crippen LogP contribution is -2.39. The number of anilines is 1. The van der Waals surface area contributed by atoms with Crippen LogP contribution in [0.1, 0.15) is 22.8 Å². The molecule has 0 spiro atoms. The number of esters is 1. The van der Waals surface area contributed by atoms with E-state index in [2.05, 4.69) is 9.97 Å². The van der Waals surface area contributed by atoms with Crippen molar-refractivity contribution < 1.29 is 14.3 Å². The summed E-state index contributed by atoms with van der Waals surface area (Å²) in [5.41, 5.74) is 4.47. The Morgan fingerprint density at radius 1 is 1.03 bits per heavy atom. The van der Waals surface area contributed by atoms with Gasteiger partial charge < -0.3 is 9.64 Å². The molecule has 2 aromatic carbocycles. The molecule has 1 amide bonds. The molecule has 1 aliphatic heterocycles. The third-order valence-corrected chi connectivity index (χ3v) is 5.68. The van der Waals surface area contributed by atoms with E-state index in [1.807, 2.05) is 60.7 Å². The number of nitrogens with zero attached hydrogens (tertiary/aromatic N) is 3. The average Bonchev–Trinajstić information content (AvgIpc) is 3.27. The van der Waals surface area contributed by atoms with Crippen LogP contribution in [0.5, 0.6) is 0 Å². The molecule has 1 atom stereocenters. The first-order chi connectivity index (χ1) is 15.6. The molecule has 0 radical (unpaired) electrons. The van der Waals surface area contributed by atoms with Crippen molar-refractivity contribution in [3.8, 4) is 11.3 Å². The molecular weight excluding hydrogens is 402 g/mol. The van der Waals surface area contributed by atoms with Crippen LogP contribution in [-0.2, 0) is 16.0 Å². The van der Waals surface area contributed by atoms with Crippen LogP contribution in [0.4, 0.5) is 5.69 Å². The average molecular weight is 423 g/mol. The van der Waals surface area contributed by atoms with Gasteiger partial charge in [-0.1, -0.05) is 36.4 Å². The molecule has 158 valence electrons. The second-order valence-electron chi connectivity index (χ2n) is 7.73. The lowest BCUT2D eigenvalue weighted by atomic mass is 10.0. The Kier molecular flexibility index (Phi) is 5.11. The molecule has 0 saturated carbocycles. The molecule has 4 aromatic rings. The van der Waals surface area contributed by atoms with Gasteiger partial charge in [0.25, 0.3) is 5.91 Å². The summed E-state index contributed by atoms with van der Waals surface area (Å²) >= 11 is 0. The van der Waals surface area contributed by atoms with Crippen LogP contribution in [0, 0.1) is 0 Å². The highest BCUT2D eigenvalue weighted by Crippen LogP contribution is 2.29. The van der Waals surface area contributed by atoms with Crippen LogP contribution >= 0.6 is 0 Å². The van der Waals surface area contributed by atoms with E-state index in [0.717, 1.165) is 23.2 Å². The third-order valence-electron chi connectivity index (χ3n) is 5.68. The van der Waals surface area contributed by atoms with E-state index >= 15 is 0 Å². The number of hydrogen-bond acceptors (Lipinski definition) is 5. The fourth-order valence-corrected chi connectivity index (χ4v) is 4.07. The Labute approximate surface area is 185 Å². The van der Waals surface area contributed by atoms with Crippen LogP contribution in [0.15, 0.2) is 79.1 Å². The number of carbonyl (C=O) groups is 2. The second-order valence-corrected chi connectivity index (χ2v) is 7.73. The first-order valence-electron chi connectivity index (χ1n) is 10.5. The first-order valence-corrected chi connectivity index (χ1v) is 10.5. The molecule has 1 aliphatic rings. The number of ether oxygens (including phenoxy) is 1. The van der Waals surface area contributed by atoms with Crippen LogP contribution in [0.3, 0.4) is 0 Å². The van der Waals surface area contributed by atoms with E-state index in [9.17, 15) is 9.59 Å². The Morgan fingerprint density at radius 3 is 2.69 bits per heavy atom. The van der Waals surface area contributed by atoms with Gasteiger partial charge in [-0.25, -0.2) is 9.78 Å². The minimum absolute atomic E-state index is 0.228.